The Bertz CT molecular complexity index is 581. The summed E-state index contributed by atoms with van der Waals surface area (Å²) in [5.74, 6) is 0. The van der Waals surface area contributed by atoms with Crippen molar-refractivity contribution < 1.29 is 13.2 Å². The summed E-state index contributed by atoms with van der Waals surface area (Å²) in [6.07, 6.45) is 3.18. The number of nitrogens with zero attached hydrogens (tertiary/aromatic N) is 1. The first-order chi connectivity index (χ1) is 10.1. The average Bonchev–Trinajstić information content (AvgIpc) is 3.20. The summed E-state index contributed by atoms with van der Waals surface area (Å²) < 4.78 is 32.9. The quantitative estimate of drug-likeness (QED) is 0.864. The van der Waals surface area contributed by atoms with E-state index in [9.17, 15) is 8.42 Å². The summed E-state index contributed by atoms with van der Waals surface area (Å²) in [5, 5.41) is 5.28. The molecule has 0 amide bonds. The zero-order chi connectivity index (χ0) is 14.9. The van der Waals surface area contributed by atoms with Gasteiger partial charge in [0.1, 0.15) is 0 Å². The minimum Gasteiger partial charge on any atom is -0.378 e. The number of ether oxygens (including phenoxy) is 1. The van der Waals surface area contributed by atoms with Gasteiger partial charge in [0.25, 0.3) is 0 Å². The van der Waals surface area contributed by atoms with Gasteiger partial charge < -0.3 is 10.1 Å². The fraction of sp³-hybridized carbons (Fsp3) is 0.714. The molecule has 1 saturated carbocycles. The largest absolute Gasteiger partial charge is 0.378 e. The Morgan fingerprint density at radius 2 is 2.29 bits per heavy atom. The lowest BCUT2D eigenvalue weighted by atomic mass is 10.2. The third kappa shape index (κ3) is 3.32. The fourth-order valence-electron chi connectivity index (χ4n) is 2.62. The van der Waals surface area contributed by atoms with Gasteiger partial charge in [-0.3, -0.25) is 0 Å². The highest BCUT2D eigenvalue weighted by Gasteiger charge is 2.35. The molecule has 21 heavy (non-hydrogen) atoms. The maximum Gasteiger partial charge on any atom is 0.244 e. The lowest BCUT2D eigenvalue weighted by Crippen LogP contribution is -2.48. The second-order valence-electron chi connectivity index (χ2n) is 5.62. The average molecular weight is 330 g/mol. The SMILES string of the molecule is CCC1COCCN1S(=O)(=O)c1ccsc1CNC1CC1. The molecule has 2 fully saturated rings. The summed E-state index contributed by atoms with van der Waals surface area (Å²) in [6, 6.07) is 2.27. The molecule has 0 spiro atoms. The molecular weight excluding hydrogens is 308 g/mol. The van der Waals surface area contributed by atoms with Crippen molar-refractivity contribution >= 4 is 21.4 Å². The summed E-state index contributed by atoms with van der Waals surface area (Å²) in [5.41, 5.74) is 0. The van der Waals surface area contributed by atoms with E-state index in [1.165, 1.54) is 24.2 Å². The van der Waals surface area contributed by atoms with Crippen LogP contribution in [-0.4, -0.2) is 44.6 Å². The van der Waals surface area contributed by atoms with Crippen molar-refractivity contribution in [3.63, 3.8) is 0 Å². The fourth-order valence-corrected chi connectivity index (χ4v) is 5.65. The number of hydrogen-bond donors (Lipinski definition) is 1. The van der Waals surface area contributed by atoms with Crippen LogP contribution in [0.15, 0.2) is 16.3 Å². The summed E-state index contributed by atoms with van der Waals surface area (Å²) >= 11 is 1.52. The summed E-state index contributed by atoms with van der Waals surface area (Å²) in [6.45, 7) is 4.08. The van der Waals surface area contributed by atoms with Gasteiger partial charge in [-0.15, -0.1) is 11.3 Å². The van der Waals surface area contributed by atoms with E-state index in [4.69, 9.17) is 4.74 Å². The van der Waals surface area contributed by atoms with Crippen LogP contribution in [0.5, 0.6) is 0 Å². The van der Waals surface area contributed by atoms with Crippen molar-refractivity contribution in [1.29, 1.82) is 0 Å². The van der Waals surface area contributed by atoms with Crippen molar-refractivity contribution in [2.45, 2.75) is 49.7 Å². The van der Waals surface area contributed by atoms with Crippen LogP contribution < -0.4 is 5.32 Å². The van der Waals surface area contributed by atoms with Crippen LogP contribution in [0.2, 0.25) is 0 Å². The normalized spacial score (nSPS) is 24.3. The Kier molecular flexibility index (Phi) is 4.66. The molecule has 2 aliphatic rings. The third-order valence-corrected chi connectivity index (χ3v) is 7.15. The Hall–Kier alpha value is -0.470. The monoisotopic (exact) mass is 330 g/mol. The van der Waals surface area contributed by atoms with E-state index in [0.717, 1.165) is 11.3 Å². The molecule has 1 saturated heterocycles. The van der Waals surface area contributed by atoms with Crippen molar-refractivity contribution in [1.82, 2.24) is 9.62 Å². The molecule has 1 aromatic heterocycles. The first-order valence-corrected chi connectivity index (χ1v) is 9.84. The number of nitrogens with one attached hydrogen (secondary N) is 1. The maximum atomic E-state index is 12.9. The number of sulfonamides is 1. The van der Waals surface area contributed by atoms with Crippen LogP contribution in [0.4, 0.5) is 0 Å². The molecule has 0 radical (unpaired) electrons. The van der Waals surface area contributed by atoms with Gasteiger partial charge in [0.05, 0.1) is 18.1 Å². The van der Waals surface area contributed by atoms with Crippen LogP contribution in [0.3, 0.4) is 0 Å². The predicted octanol–water partition coefficient (Wildman–Crippen LogP) is 1.80. The minimum atomic E-state index is -3.41. The minimum absolute atomic E-state index is 0.0482. The van der Waals surface area contributed by atoms with Crippen molar-refractivity contribution in [2.75, 3.05) is 19.8 Å². The van der Waals surface area contributed by atoms with E-state index in [2.05, 4.69) is 5.32 Å². The molecule has 1 atom stereocenters. The highest BCUT2D eigenvalue weighted by Crippen LogP contribution is 2.29. The van der Waals surface area contributed by atoms with Crippen molar-refractivity contribution in [3.8, 4) is 0 Å². The van der Waals surface area contributed by atoms with Crippen LogP contribution in [-0.2, 0) is 21.3 Å². The molecular formula is C14H22N2O3S2. The zero-order valence-corrected chi connectivity index (χ0v) is 13.9. The smallest absolute Gasteiger partial charge is 0.244 e. The van der Waals surface area contributed by atoms with Gasteiger partial charge in [-0.05, 0) is 30.7 Å². The van der Waals surface area contributed by atoms with E-state index < -0.39 is 10.0 Å². The number of hydrogen-bond acceptors (Lipinski definition) is 5. The number of morpholine rings is 1. The Labute approximate surface area is 130 Å². The van der Waals surface area contributed by atoms with Gasteiger partial charge >= 0.3 is 0 Å². The lowest BCUT2D eigenvalue weighted by molar-refractivity contribution is 0.0314. The molecule has 1 unspecified atom stereocenters. The second kappa shape index (κ2) is 6.34. The topological polar surface area (TPSA) is 58.6 Å². The van der Waals surface area contributed by atoms with Gasteiger partial charge in [-0.25, -0.2) is 8.42 Å². The van der Waals surface area contributed by atoms with E-state index in [0.29, 0.717) is 37.2 Å². The molecule has 1 aliphatic carbocycles. The third-order valence-electron chi connectivity index (χ3n) is 4.06. The molecule has 2 heterocycles. The van der Waals surface area contributed by atoms with Gasteiger partial charge in [0, 0.05) is 30.1 Å². The van der Waals surface area contributed by atoms with Gasteiger partial charge in [0.2, 0.25) is 10.0 Å². The van der Waals surface area contributed by atoms with E-state index in [1.807, 2.05) is 12.3 Å². The molecule has 1 aromatic rings. The first-order valence-electron chi connectivity index (χ1n) is 7.52. The van der Waals surface area contributed by atoms with Crippen molar-refractivity contribution in [2.24, 2.45) is 0 Å². The zero-order valence-electron chi connectivity index (χ0n) is 12.2. The Morgan fingerprint density at radius 3 is 3.00 bits per heavy atom. The standard InChI is InChI=1S/C14H22N2O3S2/c1-2-12-10-19-7-6-16(12)21(17,18)14-5-8-20-13(14)9-15-11-3-4-11/h5,8,11-12,15H,2-4,6-7,9-10H2,1H3. The van der Waals surface area contributed by atoms with Crippen molar-refractivity contribution in [3.05, 3.63) is 16.3 Å². The molecule has 5 nitrogen and oxygen atoms in total. The Morgan fingerprint density at radius 1 is 1.48 bits per heavy atom. The second-order valence-corrected chi connectivity index (χ2v) is 8.48. The molecule has 0 aromatic carbocycles. The predicted molar refractivity (Wildman–Crippen MR) is 83.0 cm³/mol. The van der Waals surface area contributed by atoms with Gasteiger partial charge in [-0.1, -0.05) is 6.92 Å². The first kappa shape index (κ1) is 15.4. The van der Waals surface area contributed by atoms with E-state index >= 15 is 0 Å². The molecule has 3 rings (SSSR count). The summed E-state index contributed by atoms with van der Waals surface area (Å²) in [4.78, 5) is 1.39. The van der Waals surface area contributed by atoms with Gasteiger partial charge in [0.15, 0.2) is 0 Å². The number of thiophene rings is 1. The molecule has 7 heteroatoms. The van der Waals surface area contributed by atoms with E-state index in [1.54, 1.807) is 10.4 Å². The van der Waals surface area contributed by atoms with Crippen LogP contribution >= 0.6 is 11.3 Å². The Balaban J connectivity index is 1.81. The summed E-state index contributed by atoms with van der Waals surface area (Å²) in [7, 11) is -3.41. The highest BCUT2D eigenvalue weighted by atomic mass is 32.2. The molecule has 118 valence electrons. The molecule has 1 N–H and O–H groups in total. The van der Waals surface area contributed by atoms with Crippen LogP contribution in [0, 0.1) is 0 Å². The van der Waals surface area contributed by atoms with Crippen LogP contribution in [0.25, 0.3) is 0 Å². The van der Waals surface area contributed by atoms with Crippen LogP contribution in [0.1, 0.15) is 31.1 Å². The molecule has 0 bridgehead atoms. The van der Waals surface area contributed by atoms with E-state index in [-0.39, 0.29) is 6.04 Å². The van der Waals surface area contributed by atoms with Gasteiger partial charge in [-0.2, -0.15) is 4.31 Å². The maximum absolute atomic E-state index is 12.9. The molecule has 1 aliphatic heterocycles. The highest BCUT2D eigenvalue weighted by molar-refractivity contribution is 7.89. The lowest BCUT2D eigenvalue weighted by Gasteiger charge is -2.34. The number of rotatable bonds is 6.